The Morgan fingerprint density at radius 1 is 0.276 bits per heavy atom. The second kappa shape index (κ2) is 12.8. The molecule has 0 amide bonds. The Labute approximate surface area is 332 Å². The van der Waals surface area contributed by atoms with Gasteiger partial charge in [-0.2, -0.15) is 0 Å². The van der Waals surface area contributed by atoms with E-state index in [0.717, 1.165) is 77.3 Å². The first-order valence-electron chi connectivity index (χ1n) is 19.4. The molecular formula is C53H31N3O2. The Hall–Kier alpha value is -7.89. The van der Waals surface area contributed by atoms with Crippen molar-refractivity contribution in [2.45, 2.75) is 0 Å². The molecule has 5 heteroatoms. The smallest absolute Gasteiger partial charge is 0.164 e. The van der Waals surface area contributed by atoms with Crippen LogP contribution >= 0.6 is 0 Å². The lowest BCUT2D eigenvalue weighted by Crippen LogP contribution is -2.00. The van der Waals surface area contributed by atoms with Gasteiger partial charge < -0.3 is 8.83 Å². The standard InChI is InChI=1S/C53H31N3O2/c1-2-12-32(13-3-1)51-54-52(56-53(55-51)37-24-26-43-42-20-8-9-22-46(42)58-49(43)31-37)36-16-10-15-33(28-36)39-21-11-23-48-50(39)45-30-35(25-27-47(45)57-48)44-29-34-14-4-5-17-38(34)40-18-6-7-19-41(40)44/h1-31H. The second-order valence-corrected chi connectivity index (χ2v) is 14.7. The summed E-state index contributed by atoms with van der Waals surface area (Å²) in [7, 11) is 0. The van der Waals surface area contributed by atoms with Crippen molar-refractivity contribution >= 4 is 65.4 Å². The predicted molar refractivity (Wildman–Crippen MR) is 237 cm³/mol. The Morgan fingerprint density at radius 3 is 1.71 bits per heavy atom. The zero-order valence-corrected chi connectivity index (χ0v) is 31.1. The highest BCUT2D eigenvalue weighted by atomic mass is 16.3. The number of hydrogen-bond acceptors (Lipinski definition) is 5. The Kier molecular flexibility index (Phi) is 7.16. The van der Waals surface area contributed by atoms with E-state index in [-0.39, 0.29) is 0 Å². The maximum atomic E-state index is 6.52. The van der Waals surface area contributed by atoms with Gasteiger partial charge in [0.2, 0.25) is 0 Å². The van der Waals surface area contributed by atoms with Crippen LogP contribution in [0.4, 0.5) is 0 Å². The van der Waals surface area contributed by atoms with Gasteiger partial charge in [-0.1, -0.05) is 140 Å². The minimum atomic E-state index is 0.577. The van der Waals surface area contributed by atoms with Gasteiger partial charge in [0.25, 0.3) is 0 Å². The number of nitrogens with zero attached hydrogens (tertiary/aromatic N) is 3. The normalized spacial score (nSPS) is 11.8. The van der Waals surface area contributed by atoms with Crippen LogP contribution in [0.3, 0.4) is 0 Å². The predicted octanol–water partition coefficient (Wildman–Crippen LogP) is 14.3. The van der Waals surface area contributed by atoms with Crippen molar-refractivity contribution in [1.82, 2.24) is 15.0 Å². The van der Waals surface area contributed by atoms with E-state index in [4.69, 9.17) is 23.8 Å². The fourth-order valence-corrected chi connectivity index (χ4v) is 8.57. The number of furan rings is 2. The molecule has 3 heterocycles. The maximum absolute atomic E-state index is 6.52. The van der Waals surface area contributed by atoms with Crippen LogP contribution in [0.5, 0.6) is 0 Å². The average molecular weight is 742 g/mol. The first-order chi connectivity index (χ1) is 28.7. The molecule has 0 unspecified atom stereocenters. The Balaban J connectivity index is 1.01. The SMILES string of the molecule is c1ccc(-c2nc(-c3cccc(-c4cccc5oc6ccc(-c7cc8ccccc8c8ccccc78)cc6c45)c3)nc(-c3ccc4c(c3)oc3ccccc34)n2)cc1. The van der Waals surface area contributed by atoms with E-state index in [1.165, 1.54) is 27.1 Å². The fraction of sp³-hybridized carbons (Fsp3) is 0. The van der Waals surface area contributed by atoms with E-state index in [2.05, 4.69) is 133 Å². The molecule has 0 saturated heterocycles. The molecule has 0 aliphatic heterocycles. The van der Waals surface area contributed by atoms with Gasteiger partial charge in [-0.3, -0.25) is 0 Å². The molecule has 0 aliphatic rings. The van der Waals surface area contributed by atoms with Crippen molar-refractivity contribution in [3.8, 4) is 56.4 Å². The van der Waals surface area contributed by atoms with Crippen molar-refractivity contribution < 1.29 is 8.83 Å². The summed E-state index contributed by atoms with van der Waals surface area (Å²) < 4.78 is 12.8. The number of benzene rings is 9. The van der Waals surface area contributed by atoms with Crippen LogP contribution in [0.1, 0.15) is 0 Å². The zero-order chi connectivity index (χ0) is 38.2. The molecule has 0 N–H and O–H groups in total. The van der Waals surface area contributed by atoms with E-state index in [0.29, 0.717) is 17.5 Å². The molecule has 5 nitrogen and oxygen atoms in total. The van der Waals surface area contributed by atoms with E-state index >= 15 is 0 Å². The largest absolute Gasteiger partial charge is 0.456 e. The van der Waals surface area contributed by atoms with Gasteiger partial charge >= 0.3 is 0 Å². The molecule has 0 saturated carbocycles. The molecule has 3 aromatic heterocycles. The molecule has 12 rings (SSSR count). The van der Waals surface area contributed by atoms with Crippen molar-refractivity contribution in [2.24, 2.45) is 0 Å². The van der Waals surface area contributed by atoms with Crippen molar-refractivity contribution in [3.05, 3.63) is 188 Å². The molecule has 270 valence electrons. The number of para-hydroxylation sites is 1. The molecule has 12 aromatic rings. The van der Waals surface area contributed by atoms with E-state index in [1.807, 2.05) is 54.6 Å². The minimum Gasteiger partial charge on any atom is -0.456 e. The molecule has 0 radical (unpaired) electrons. The molecule has 58 heavy (non-hydrogen) atoms. The third-order valence-electron chi connectivity index (χ3n) is 11.3. The zero-order valence-electron chi connectivity index (χ0n) is 31.1. The summed E-state index contributed by atoms with van der Waals surface area (Å²) in [5.74, 6) is 1.77. The van der Waals surface area contributed by atoms with Gasteiger partial charge in [0.05, 0.1) is 0 Å². The van der Waals surface area contributed by atoms with E-state index < -0.39 is 0 Å². The number of rotatable bonds is 5. The summed E-state index contributed by atoms with van der Waals surface area (Å²) in [4.78, 5) is 15.2. The molecule has 0 bridgehead atoms. The van der Waals surface area contributed by atoms with Crippen molar-refractivity contribution in [2.75, 3.05) is 0 Å². The van der Waals surface area contributed by atoms with Crippen LogP contribution in [0.15, 0.2) is 197 Å². The monoisotopic (exact) mass is 741 g/mol. The summed E-state index contributed by atoms with van der Waals surface area (Å²) in [6, 6.07) is 65.3. The van der Waals surface area contributed by atoms with E-state index in [9.17, 15) is 0 Å². The van der Waals surface area contributed by atoms with Gasteiger partial charge in [-0.05, 0) is 92.3 Å². The average Bonchev–Trinajstić information content (AvgIpc) is 3.87. The van der Waals surface area contributed by atoms with E-state index in [1.54, 1.807) is 0 Å². The third kappa shape index (κ3) is 5.21. The molecule has 0 atom stereocenters. The lowest BCUT2D eigenvalue weighted by molar-refractivity contribution is 0.668. The topological polar surface area (TPSA) is 65.0 Å². The highest BCUT2D eigenvalue weighted by molar-refractivity contribution is 6.17. The number of aromatic nitrogens is 3. The highest BCUT2D eigenvalue weighted by Crippen LogP contribution is 2.42. The van der Waals surface area contributed by atoms with Crippen LogP contribution in [0.2, 0.25) is 0 Å². The van der Waals surface area contributed by atoms with Crippen LogP contribution in [0, 0.1) is 0 Å². The molecule has 0 aliphatic carbocycles. The Bertz CT molecular complexity index is 3580. The van der Waals surface area contributed by atoms with Crippen LogP contribution in [-0.2, 0) is 0 Å². The van der Waals surface area contributed by atoms with Crippen molar-refractivity contribution in [1.29, 1.82) is 0 Å². The van der Waals surface area contributed by atoms with Gasteiger partial charge in [0.15, 0.2) is 17.5 Å². The highest BCUT2D eigenvalue weighted by Gasteiger charge is 2.18. The summed E-state index contributed by atoms with van der Waals surface area (Å²) >= 11 is 0. The van der Waals surface area contributed by atoms with Crippen molar-refractivity contribution in [3.63, 3.8) is 0 Å². The summed E-state index contributed by atoms with van der Waals surface area (Å²) in [6.07, 6.45) is 0. The van der Waals surface area contributed by atoms with Crippen LogP contribution < -0.4 is 0 Å². The molecule has 9 aromatic carbocycles. The summed E-state index contributed by atoms with van der Waals surface area (Å²) in [5, 5.41) is 9.24. The number of fused-ring (bicyclic) bond motifs is 9. The van der Waals surface area contributed by atoms with Gasteiger partial charge in [0.1, 0.15) is 22.3 Å². The lowest BCUT2D eigenvalue weighted by Gasteiger charge is -2.11. The second-order valence-electron chi connectivity index (χ2n) is 14.7. The fourth-order valence-electron chi connectivity index (χ4n) is 8.57. The first-order valence-corrected chi connectivity index (χ1v) is 19.4. The quantitative estimate of drug-likeness (QED) is 0.164. The van der Waals surface area contributed by atoms with Gasteiger partial charge in [0, 0.05) is 38.2 Å². The lowest BCUT2D eigenvalue weighted by atomic mass is 9.92. The minimum absolute atomic E-state index is 0.577. The van der Waals surface area contributed by atoms with Gasteiger partial charge in [-0.25, -0.2) is 15.0 Å². The molecule has 0 spiro atoms. The summed E-state index contributed by atoms with van der Waals surface area (Å²) in [5.41, 5.74) is 10.5. The molecular weight excluding hydrogens is 711 g/mol. The third-order valence-corrected chi connectivity index (χ3v) is 11.3. The van der Waals surface area contributed by atoms with Gasteiger partial charge in [-0.15, -0.1) is 0 Å². The van der Waals surface area contributed by atoms with Crippen LogP contribution in [-0.4, -0.2) is 15.0 Å². The van der Waals surface area contributed by atoms with Crippen LogP contribution in [0.25, 0.3) is 122 Å². The number of hydrogen-bond donors (Lipinski definition) is 0. The Morgan fingerprint density at radius 2 is 0.845 bits per heavy atom. The summed E-state index contributed by atoms with van der Waals surface area (Å²) in [6.45, 7) is 0. The molecule has 0 fully saturated rings. The maximum Gasteiger partial charge on any atom is 0.164 e. The first kappa shape index (κ1) is 32.4.